The van der Waals surface area contributed by atoms with Crippen LogP contribution in [0.3, 0.4) is 0 Å². The average molecular weight is 403 g/mol. The number of carbonyl (C=O) groups excluding carboxylic acids is 1. The van der Waals surface area contributed by atoms with Crippen molar-refractivity contribution in [1.82, 2.24) is 4.90 Å². The van der Waals surface area contributed by atoms with Gasteiger partial charge in [0.25, 0.3) is 0 Å². The normalized spacial score (nSPS) is 10.7. The van der Waals surface area contributed by atoms with Crippen LogP contribution in [0.5, 0.6) is 0 Å². The third-order valence-corrected chi connectivity index (χ3v) is 4.43. The summed E-state index contributed by atoms with van der Waals surface area (Å²) < 4.78 is 24.7. The van der Waals surface area contributed by atoms with Gasteiger partial charge in [-0.05, 0) is 42.0 Å². The summed E-state index contributed by atoms with van der Waals surface area (Å²) >= 11 is 6.03. The van der Waals surface area contributed by atoms with Crippen molar-refractivity contribution in [2.75, 3.05) is 12.4 Å². The molecule has 5 nitrogen and oxygen atoms in total. The molecule has 3 rings (SSSR count). The molecule has 146 valence electrons. The minimum Gasteiger partial charge on any atom is -0.467 e. The molecule has 0 saturated carbocycles. The molecule has 1 aromatic heterocycles. The van der Waals surface area contributed by atoms with Crippen molar-refractivity contribution >= 4 is 23.3 Å². The number of nitrogens with zero attached hydrogens (tertiary/aromatic N) is 1. The van der Waals surface area contributed by atoms with Crippen LogP contribution in [-0.4, -0.2) is 18.0 Å². The van der Waals surface area contributed by atoms with E-state index in [-0.39, 0.29) is 23.2 Å². The molecule has 0 aliphatic heterocycles. The van der Waals surface area contributed by atoms with Gasteiger partial charge in [0.05, 0.1) is 19.4 Å². The van der Waals surface area contributed by atoms with Gasteiger partial charge in [-0.2, -0.15) is 0 Å². The van der Waals surface area contributed by atoms with Crippen LogP contribution in [0.4, 0.5) is 14.9 Å². The molecule has 28 heavy (non-hydrogen) atoms. The lowest BCUT2D eigenvalue weighted by molar-refractivity contribution is 0.0930. The highest BCUT2D eigenvalue weighted by Gasteiger charge is 2.14. The minimum absolute atomic E-state index is 0.0588. The largest absolute Gasteiger partial charge is 0.467 e. The number of hydrogen-bond donors (Lipinski definition) is 1. The molecule has 0 aliphatic rings. The number of carbonyl (C=O) groups is 1. The summed E-state index contributed by atoms with van der Waals surface area (Å²) in [6.45, 7) is 0.810. The first kappa shape index (κ1) is 19.9. The summed E-state index contributed by atoms with van der Waals surface area (Å²) in [7, 11) is 1.58. The Morgan fingerprint density at radius 1 is 1.18 bits per heavy atom. The number of benzene rings is 2. The monoisotopic (exact) mass is 402 g/mol. The smallest absolute Gasteiger partial charge is 0.321 e. The number of hydrogen-bond acceptors (Lipinski definition) is 3. The van der Waals surface area contributed by atoms with E-state index in [1.807, 2.05) is 24.3 Å². The summed E-state index contributed by atoms with van der Waals surface area (Å²) in [5.41, 5.74) is 1.81. The highest BCUT2D eigenvalue weighted by molar-refractivity contribution is 6.31. The number of halogens is 2. The SMILES string of the molecule is CN(Cc1c(F)cccc1Cl)C(=O)Nc1cccc(COCc2ccco2)c1. The Hall–Kier alpha value is -2.83. The highest BCUT2D eigenvalue weighted by atomic mass is 35.5. The van der Waals surface area contributed by atoms with Gasteiger partial charge in [-0.3, -0.25) is 0 Å². The molecular formula is C21H20ClFN2O3. The zero-order valence-corrected chi connectivity index (χ0v) is 16.1. The number of furan rings is 1. The molecule has 2 amide bonds. The van der Waals surface area contributed by atoms with E-state index in [4.69, 9.17) is 20.8 Å². The van der Waals surface area contributed by atoms with Gasteiger partial charge in [0, 0.05) is 23.3 Å². The average Bonchev–Trinajstić information content (AvgIpc) is 3.18. The van der Waals surface area contributed by atoms with E-state index < -0.39 is 5.82 Å². The van der Waals surface area contributed by atoms with Crippen LogP contribution in [0.1, 0.15) is 16.9 Å². The molecule has 3 aromatic rings. The van der Waals surface area contributed by atoms with Crippen molar-refractivity contribution in [3.63, 3.8) is 0 Å². The van der Waals surface area contributed by atoms with E-state index in [9.17, 15) is 9.18 Å². The van der Waals surface area contributed by atoms with Crippen LogP contribution >= 0.6 is 11.6 Å². The molecule has 0 fully saturated rings. The Labute approximate surface area is 167 Å². The van der Waals surface area contributed by atoms with E-state index in [1.54, 1.807) is 31.5 Å². The molecule has 0 bridgehead atoms. The van der Waals surface area contributed by atoms with Gasteiger partial charge in [-0.15, -0.1) is 0 Å². The Kier molecular flexibility index (Phi) is 6.68. The predicted molar refractivity (Wildman–Crippen MR) is 106 cm³/mol. The lowest BCUT2D eigenvalue weighted by Gasteiger charge is -2.19. The molecule has 0 spiro atoms. The Balaban J connectivity index is 1.56. The van der Waals surface area contributed by atoms with Crippen LogP contribution in [0.25, 0.3) is 0 Å². The maximum absolute atomic E-state index is 13.9. The maximum atomic E-state index is 13.9. The molecule has 7 heteroatoms. The van der Waals surface area contributed by atoms with E-state index in [0.29, 0.717) is 18.9 Å². The Morgan fingerprint density at radius 3 is 2.75 bits per heavy atom. The van der Waals surface area contributed by atoms with Crippen LogP contribution in [0.2, 0.25) is 5.02 Å². The lowest BCUT2D eigenvalue weighted by atomic mass is 10.2. The van der Waals surface area contributed by atoms with Crippen LogP contribution < -0.4 is 5.32 Å². The summed E-state index contributed by atoms with van der Waals surface area (Å²) in [5, 5.41) is 3.08. The molecule has 0 radical (unpaired) electrons. The van der Waals surface area contributed by atoms with Gasteiger partial charge in [-0.1, -0.05) is 29.8 Å². The first-order chi connectivity index (χ1) is 13.5. The number of nitrogens with one attached hydrogen (secondary N) is 1. The second-order valence-electron chi connectivity index (χ2n) is 6.26. The summed E-state index contributed by atoms with van der Waals surface area (Å²) in [5.74, 6) is 0.306. The van der Waals surface area contributed by atoms with E-state index in [0.717, 1.165) is 11.3 Å². The zero-order valence-electron chi connectivity index (χ0n) is 15.3. The van der Waals surface area contributed by atoms with Gasteiger partial charge >= 0.3 is 6.03 Å². The summed E-state index contributed by atoms with van der Waals surface area (Å²) in [6.07, 6.45) is 1.60. The van der Waals surface area contributed by atoms with E-state index >= 15 is 0 Å². The molecule has 2 aromatic carbocycles. The molecule has 0 unspecified atom stereocenters. The van der Waals surface area contributed by atoms with Crippen LogP contribution in [0.15, 0.2) is 65.3 Å². The lowest BCUT2D eigenvalue weighted by Crippen LogP contribution is -2.31. The zero-order chi connectivity index (χ0) is 19.9. The van der Waals surface area contributed by atoms with Crippen molar-refractivity contribution in [2.24, 2.45) is 0 Å². The number of urea groups is 1. The topological polar surface area (TPSA) is 54.7 Å². The fraction of sp³-hybridized carbons (Fsp3) is 0.190. The van der Waals surface area contributed by atoms with Crippen molar-refractivity contribution in [3.05, 3.63) is 88.6 Å². The standard InChI is InChI=1S/C21H20ClFN2O3/c1-25(12-18-19(22)8-3-9-20(18)23)21(26)24-16-6-2-5-15(11-16)13-27-14-17-7-4-10-28-17/h2-11H,12-14H2,1H3,(H,24,26). The maximum Gasteiger partial charge on any atom is 0.321 e. The van der Waals surface area contributed by atoms with Gasteiger partial charge < -0.3 is 19.4 Å². The van der Waals surface area contributed by atoms with Gasteiger partial charge in [0.1, 0.15) is 18.2 Å². The fourth-order valence-corrected chi connectivity index (χ4v) is 2.84. The molecule has 0 saturated heterocycles. The molecule has 1 N–H and O–H groups in total. The summed E-state index contributed by atoms with van der Waals surface area (Å²) in [4.78, 5) is 13.8. The molecule has 1 heterocycles. The third kappa shape index (κ3) is 5.34. The number of rotatable bonds is 7. The number of amides is 2. The highest BCUT2D eigenvalue weighted by Crippen LogP contribution is 2.21. The van der Waals surface area contributed by atoms with E-state index in [1.165, 1.54) is 17.0 Å². The van der Waals surface area contributed by atoms with Gasteiger partial charge in [0.15, 0.2) is 0 Å². The number of anilines is 1. The van der Waals surface area contributed by atoms with Crippen molar-refractivity contribution in [3.8, 4) is 0 Å². The Morgan fingerprint density at radius 2 is 2.00 bits per heavy atom. The molecule has 0 atom stereocenters. The van der Waals surface area contributed by atoms with Crippen LogP contribution in [0, 0.1) is 5.82 Å². The first-order valence-electron chi connectivity index (χ1n) is 8.67. The summed E-state index contributed by atoms with van der Waals surface area (Å²) in [6, 6.07) is 15.1. The first-order valence-corrected chi connectivity index (χ1v) is 9.05. The number of ether oxygens (including phenoxy) is 1. The van der Waals surface area contributed by atoms with Crippen LogP contribution in [-0.2, 0) is 24.5 Å². The molecule has 0 aliphatic carbocycles. The minimum atomic E-state index is -0.442. The van der Waals surface area contributed by atoms with Crippen molar-refractivity contribution in [2.45, 2.75) is 19.8 Å². The fourth-order valence-electron chi connectivity index (χ4n) is 2.61. The van der Waals surface area contributed by atoms with E-state index in [2.05, 4.69) is 5.32 Å². The van der Waals surface area contributed by atoms with Crippen molar-refractivity contribution in [1.29, 1.82) is 0 Å². The van der Waals surface area contributed by atoms with Gasteiger partial charge in [-0.25, -0.2) is 9.18 Å². The second kappa shape index (κ2) is 9.39. The van der Waals surface area contributed by atoms with Gasteiger partial charge in [0.2, 0.25) is 0 Å². The quantitative estimate of drug-likeness (QED) is 0.571. The predicted octanol–water partition coefficient (Wildman–Crippen LogP) is 5.45. The Bertz CT molecular complexity index is 911. The second-order valence-corrected chi connectivity index (χ2v) is 6.67. The molecular weight excluding hydrogens is 383 g/mol. The third-order valence-electron chi connectivity index (χ3n) is 4.08. The van der Waals surface area contributed by atoms with Crippen molar-refractivity contribution < 1.29 is 18.3 Å².